The van der Waals surface area contributed by atoms with Crippen LogP contribution in [0.2, 0.25) is 0 Å². The second-order valence-corrected chi connectivity index (χ2v) is 4.62. The molecule has 2 N–H and O–H groups in total. The molecule has 0 radical (unpaired) electrons. The van der Waals surface area contributed by atoms with Gasteiger partial charge in [-0.15, -0.1) is 0 Å². The lowest BCUT2D eigenvalue weighted by molar-refractivity contribution is -0.137. The third kappa shape index (κ3) is 3.76. The fourth-order valence-corrected chi connectivity index (χ4v) is 1.98. The number of hydrogen-bond acceptors (Lipinski definition) is 3. The van der Waals surface area contributed by atoms with Gasteiger partial charge in [-0.25, -0.2) is 0 Å². The average molecular weight is 275 g/mol. The van der Waals surface area contributed by atoms with Gasteiger partial charge in [-0.05, 0) is 37.0 Å². The first-order chi connectivity index (χ1) is 8.97. The zero-order valence-electron chi connectivity index (χ0n) is 10.4. The van der Waals surface area contributed by atoms with Crippen molar-refractivity contribution in [2.45, 2.75) is 19.0 Å². The molecule has 1 aliphatic heterocycles. The van der Waals surface area contributed by atoms with Crippen LogP contribution in [-0.2, 0) is 10.9 Å². The Morgan fingerprint density at radius 3 is 2.53 bits per heavy atom. The number of halogens is 3. The van der Waals surface area contributed by atoms with Crippen LogP contribution in [0.5, 0.6) is 5.75 Å². The summed E-state index contributed by atoms with van der Waals surface area (Å²) >= 11 is 0. The van der Waals surface area contributed by atoms with E-state index in [0.717, 1.165) is 25.0 Å². The lowest BCUT2D eigenvalue weighted by Gasteiger charge is -2.22. The van der Waals surface area contributed by atoms with Crippen LogP contribution in [0.4, 0.5) is 18.9 Å². The molecule has 0 aromatic heterocycles. The maximum atomic E-state index is 12.5. The van der Waals surface area contributed by atoms with Crippen molar-refractivity contribution in [2.75, 3.05) is 25.6 Å². The number of benzene rings is 1. The molecular formula is C13H16F3NO2. The lowest BCUT2D eigenvalue weighted by Crippen LogP contribution is -2.21. The lowest BCUT2D eigenvalue weighted by atomic mass is 10.0. The predicted molar refractivity (Wildman–Crippen MR) is 64.9 cm³/mol. The standard InChI is InChI=1S/C13H16F3NO2/c14-13(15,16)10-1-2-12(11(17)7-10)19-8-9-3-5-18-6-4-9/h1-2,7,9H,3-6,8,17H2. The number of anilines is 1. The second-order valence-electron chi connectivity index (χ2n) is 4.62. The van der Waals surface area contributed by atoms with Crippen molar-refractivity contribution in [2.24, 2.45) is 5.92 Å². The summed E-state index contributed by atoms with van der Waals surface area (Å²) in [4.78, 5) is 0. The van der Waals surface area contributed by atoms with Gasteiger partial charge in [0.05, 0.1) is 17.9 Å². The van der Waals surface area contributed by atoms with Crippen LogP contribution in [0.15, 0.2) is 18.2 Å². The molecule has 1 aliphatic rings. The highest BCUT2D eigenvalue weighted by molar-refractivity contribution is 5.54. The van der Waals surface area contributed by atoms with Crippen LogP contribution in [0.25, 0.3) is 0 Å². The number of nitrogen functional groups attached to an aromatic ring is 1. The van der Waals surface area contributed by atoms with E-state index in [1.807, 2.05) is 0 Å². The molecule has 0 amide bonds. The zero-order chi connectivity index (χ0) is 13.9. The summed E-state index contributed by atoms with van der Waals surface area (Å²) in [5.74, 6) is 0.676. The highest BCUT2D eigenvalue weighted by Crippen LogP contribution is 2.34. The molecular weight excluding hydrogens is 259 g/mol. The number of rotatable bonds is 3. The summed E-state index contributed by atoms with van der Waals surface area (Å²) in [5.41, 5.74) is 4.84. The Labute approximate surface area is 109 Å². The predicted octanol–water partition coefficient (Wildman–Crippen LogP) is 3.09. The first-order valence-corrected chi connectivity index (χ1v) is 6.14. The summed E-state index contributed by atoms with van der Waals surface area (Å²) < 4.78 is 48.1. The van der Waals surface area contributed by atoms with Crippen LogP contribution < -0.4 is 10.5 Å². The zero-order valence-corrected chi connectivity index (χ0v) is 10.4. The molecule has 6 heteroatoms. The molecule has 0 bridgehead atoms. The normalized spacial score (nSPS) is 17.4. The molecule has 2 rings (SSSR count). The molecule has 0 unspecified atom stereocenters. The molecule has 19 heavy (non-hydrogen) atoms. The van der Waals surface area contributed by atoms with E-state index in [4.69, 9.17) is 15.2 Å². The minimum absolute atomic E-state index is 0.0156. The average Bonchev–Trinajstić information content (AvgIpc) is 2.37. The fraction of sp³-hybridized carbons (Fsp3) is 0.538. The Hall–Kier alpha value is -1.43. The van der Waals surface area contributed by atoms with E-state index >= 15 is 0 Å². The Morgan fingerprint density at radius 1 is 1.26 bits per heavy atom. The van der Waals surface area contributed by atoms with Crippen LogP contribution in [-0.4, -0.2) is 19.8 Å². The minimum atomic E-state index is -4.38. The van der Waals surface area contributed by atoms with Crippen molar-refractivity contribution in [1.29, 1.82) is 0 Å². The molecule has 0 atom stereocenters. The van der Waals surface area contributed by atoms with E-state index < -0.39 is 11.7 Å². The second kappa shape index (κ2) is 5.69. The molecule has 106 valence electrons. The van der Waals surface area contributed by atoms with Gasteiger partial charge in [0.1, 0.15) is 5.75 Å². The summed E-state index contributed by atoms with van der Waals surface area (Å²) in [7, 11) is 0. The smallest absolute Gasteiger partial charge is 0.416 e. The number of ether oxygens (including phenoxy) is 2. The van der Waals surface area contributed by atoms with Gasteiger partial charge in [-0.1, -0.05) is 0 Å². The van der Waals surface area contributed by atoms with Gasteiger partial charge >= 0.3 is 6.18 Å². The molecule has 1 saturated heterocycles. The van der Waals surface area contributed by atoms with E-state index in [0.29, 0.717) is 31.5 Å². The van der Waals surface area contributed by atoms with E-state index in [1.54, 1.807) is 0 Å². The van der Waals surface area contributed by atoms with Crippen LogP contribution in [0.3, 0.4) is 0 Å². The summed E-state index contributed by atoms with van der Waals surface area (Å²) in [6.45, 7) is 1.87. The highest BCUT2D eigenvalue weighted by atomic mass is 19.4. The third-order valence-electron chi connectivity index (χ3n) is 3.15. The van der Waals surface area contributed by atoms with Crippen molar-refractivity contribution in [3.8, 4) is 5.75 Å². The van der Waals surface area contributed by atoms with Gasteiger partial charge in [0.15, 0.2) is 0 Å². The van der Waals surface area contributed by atoms with Crippen molar-refractivity contribution >= 4 is 5.69 Å². The van der Waals surface area contributed by atoms with Gasteiger partial charge < -0.3 is 15.2 Å². The van der Waals surface area contributed by atoms with Gasteiger partial charge in [0.2, 0.25) is 0 Å². The summed E-state index contributed by atoms with van der Waals surface area (Å²) in [6, 6.07) is 3.16. The number of alkyl halides is 3. The molecule has 0 saturated carbocycles. The van der Waals surface area contributed by atoms with E-state index in [2.05, 4.69) is 0 Å². The molecule has 1 fully saturated rings. The van der Waals surface area contributed by atoms with Crippen molar-refractivity contribution < 1.29 is 22.6 Å². The maximum absolute atomic E-state index is 12.5. The molecule has 3 nitrogen and oxygen atoms in total. The Morgan fingerprint density at radius 2 is 1.95 bits per heavy atom. The molecule has 1 heterocycles. The minimum Gasteiger partial charge on any atom is -0.491 e. The highest BCUT2D eigenvalue weighted by Gasteiger charge is 2.31. The summed E-state index contributed by atoms with van der Waals surface area (Å²) in [6.07, 6.45) is -2.57. The Balaban J connectivity index is 1.97. The number of hydrogen-bond donors (Lipinski definition) is 1. The molecule has 1 aromatic rings. The third-order valence-corrected chi connectivity index (χ3v) is 3.15. The van der Waals surface area contributed by atoms with Gasteiger partial charge in [0.25, 0.3) is 0 Å². The molecule has 1 aromatic carbocycles. The van der Waals surface area contributed by atoms with Crippen molar-refractivity contribution in [1.82, 2.24) is 0 Å². The van der Waals surface area contributed by atoms with Gasteiger partial charge in [0, 0.05) is 13.2 Å². The topological polar surface area (TPSA) is 44.5 Å². The van der Waals surface area contributed by atoms with E-state index in [-0.39, 0.29) is 5.69 Å². The fourth-order valence-electron chi connectivity index (χ4n) is 1.98. The molecule has 0 aliphatic carbocycles. The molecule has 0 spiro atoms. The largest absolute Gasteiger partial charge is 0.491 e. The van der Waals surface area contributed by atoms with Gasteiger partial charge in [-0.2, -0.15) is 13.2 Å². The quantitative estimate of drug-likeness (QED) is 0.862. The first-order valence-electron chi connectivity index (χ1n) is 6.14. The summed E-state index contributed by atoms with van der Waals surface area (Å²) in [5, 5.41) is 0. The Bertz CT molecular complexity index is 428. The van der Waals surface area contributed by atoms with Crippen LogP contribution in [0.1, 0.15) is 18.4 Å². The maximum Gasteiger partial charge on any atom is 0.416 e. The monoisotopic (exact) mass is 275 g/mol. The van der Waals surface area contributed by atoms with Crippen LogP contribution >= 0.6 is 0 Å². The van der Waals surface area contributed by atoms with E-state index in [9.17, 15) is 13.2 Å². The number of nitrogens with two attached hydrogens (primary N) is 1. The van der Waals surface area contributed by atoms with Gasteiger partial charge in [-0.3, -0.25) is 0 Å². The SMILES string of the molecule is Nc1cc(C(F)(F)F)ccc1OCC1CCOCC1. The Kier molecular flexibility index (Phi) is 4.19. The van der Waals surface area contributed by atoms with E-state index in [1.165, 1.54) is 6.07 Å². The van der Waals surface area contributed by atoms with Crippen molar-refractivity contribution in [3.05, 3.63) is 23.8 Å². The van der Waals surface area contributed by atoms with Crippen molar-refractivity contribution in [3.63, 3.8) is 0 Å². The first kappa shape index (κ1) is 14.0. The van der Waals surface area contributed by atoms with Crippen LogP contribution in [0, 0.1) is 5.92 Å².